The van der Waals surface area contributed by atoms with Crippen LogP contribution < -0.4 is 25.7 Å². The van der Waals surface area contributed by atoms with Crippen LogP contribution in [0.2, 0.25) is 0 Å². The van der Waals surface area contributed by atoms with Crippen LogP contribution in [0.15, 0.2) is 142 Å². The van der Waals surface area contributed by atoms with Crippen molar-refractivity contribution in [2.75, 3.05) is 32.8 Å². The Balaban J connectivity index is 0.000000230. The van der Waals surface area contributed by atoms with Gasteiger partial charge in [-0.25, -0.2) is 40.2 Å². The summed E-state index contributed by atoms with van der Waals surface area (Å²) in [6.45, 7) is 0. The van der Waals surface area contributed by atoms with Gasteiger partial charge < -0.3 is 25.7 Å². The van der Waals surface area contributed by atoms with Crippen molar-refractivity contribution in [1.29, 1.82) is 0 Å². The number of non-ortho nitro benzene ring substituents is 2. The van der Waals surface area contributed by atoms with E-state index in [4.69, 9.17) is 36.4 Å². The van der Waals surface area contributed by atoms with E-state index in [-0.39, 0.29) is 37.6 Å². The SMILES string of the molecule is COc1cc(CS(=O)(=O)c2ccc(N)cc2)ccn1.COc1cc(CS(=O)(=O)c2ccc([N+](=O)[O-])cc2)ccn1.COc1cc(N)ccn1.O=[N+]([O-])c1ccc(S(=O)(=O)Cl)cc1. The zero-order valence-electron chi connectivity index (χ0n) is 32.8. The molecule has 3 aromatic carbocycles. The number of nitrogens with zero attached hydrogens (tertiary/aromatic N) is 5. The van der Waals surface area contributed by atoms with Crippen LogP contribution in [0.25, 0.3) is 0 Å². The normalized spacial score (nSPS) is 10.8. The Bertz CT molecular complexity index is 2780. The first-order valence-electron chi connectivity index (χ1n) is 17.2. The molecule has 6 aromatic rings. The Morgan fingerprint density at radius 2 is 0.855 bits per heavy atom. The topological polar surface area (TPSA) is 307 Å². The summed E-state index contributed by atoms with van der Waals surface area (Å²) < 4.78 is 85.1. The number of nitro benzene ring substituents is 2. The van der Waals surface area contributed by atoms with Gasteiger partial charge in [0.1, 0.15) is 0 Å². The maximum atomic E-state index is 12.3. The molecule has 0 saturated heterocycles. The fourth-order valence-electron chi connectivity index (χ4n) is 4.63. The average Bonchev–Trinajstić information content (AvgIpc) is 3.24. The molecule has 62 heavy (non-hydrogen) atoms. The van der Waals surface area contributed by atoms with Crippen LogP contribution in [-0.4, -0.2) is 71.4 Å². The van der Waals surface area contributed by atoms with Gasteiger partial charge in [-0.3, -0.25) is 20.2 Å². The highest BCUT2D eigenvalue weighted by molar-refractivity contribution is 8.13. The number of aromatic nitrogens is 3. The molecular weight excluding hydrogens is 894 g/mol. The smallest absolute Gasteiger partial charge is 0.269 e. The average molecular weight is 932 g/mol. The zero-order valence-corrected chi connectivity index (χ0v) is 36.0. The van der Waals surface area contributed by atoms with Crippen molar-refractivity contribution in [3.05, 3.63) is 159 Å². The highest BCUT2D eigenvalue weighted by Crippen LogP contribution is 2.22. The molecule has 0 aliphatic rings. The van der Waals surface area contributed by atoms with Gasteiger partial charge in [0, 0.05) is 83.1 Å². The summed E-state index contributed by atoms with van der Waals surface area (Å²) in [5.74, 6) is 0.936. The number of hydrogen-bond acceptors (Lipinski definition) is 18. The van der Waals surface area contributed by atoms with E-state index in [1.807, 2.05) is 0 Å². The molecule has 0 amide bonds. The van der Waals surface area contributed by atoms with Crippen LogP contribution >= 0.6 is 10.7 Å². The second-order valence-electron chi connectivity index (χ2n) is 12.1. The third kappa shape index (κ3) is 15.9. The number of benzene rings is 3. The third-order valence-corrected chi connectivity index (χ3v) is 12.5. The molecule has 0 aliphatic heterocycles. The Labute approximate surface area is 360 Å². The number of nitrogens with two attached hydrogens (primary N) is 2. The highest BCUT2D eigenvalue weighted by Gasteiger charge is 2.18. The minimum absolute atomic E-state index is 0.0314. The largest absolute Gasteiger partial charge is 0.481 e. The molecule has 328 valence electrons. The second-order valence-corrected chi connectivity index (χ2v) is 18.6. The standard InChI is InChI=1S/C13H12N2O5S.C13H14N2O3S.C6H4ClNO4S.C6H8N2O/c1-20-13-8-10(6-7-14-13)9-21(18,19)12-4-2-11(3-5-12)15(16)17;1-18-13-8-10(6-7-15-13)9-19(16,17)12-4-2-11(14)3-5-12;7-13(11,12)6-3-1-5(2-4-6)8(9)10;1-9-6-4-5(7)2-3-8-6/h2-8H,9H2,1H3;2-8H,9,14H2,1H3;1-4H;2-4H,1H3,(H2,7,8). The molecule has 6 rings (SSSR count). The molecule has 4 N–H and O–H groups in total. The number of anilines is 2. The summed E-state index contributed by atoms with van der Waals surface area (Å²) in [7, 11) is -1.30. The number of methoxy groups -OCH3 is 3. The molecule has 0 unspecified atom stereocenters. The minimum Gasteiger partial charge on any atom is -0.481 e. The number of ether oxygens (including phenoxy) is 3. The third-order valence-electron chi connectivity index (χ3n) is 7.67. The van der Waals surface area contributed by atoms with Crippen molar-refractivity contribution in [3.8, 4) is 17.6 Å². The number of halogens is 1. The van der Waals surface area contributed by atoms with Crippen LogP contribution in [0, 0.1) is 20.2 Å². The van der Waals surface area contributed by atoms with Crippen molar-refractivity contribution in [2.45, 2.75) is 26.2 Å². The van der Waals surface area contributed by atoms with Gasteiger partial charge in [0.25, 0.3) is 20.4 Å². The van der Waals surface area contributed by atoms with Gasteiger partial charge in [-0.2, -0.15) is 0 Å². The molecule has 0 spiro atoms. The lowest BCUT2D eigenvalue weighted by Crippen LogP contribution is -2.05. The molecule has 20 nitrogen and oxygen atoms in total. The van der Waals surface area contributed by atoms with E-state index in [0.29, 0.717) is 40.1 Å². The van der Waals surface area contributed by atoms with Crippen molar-refractivity contribution >= 4 is 62.2 Å². The van der Waals surface area contributed by atoms with Crippen molar-refractivity contribution in [3.63, 3.8) is 0 Å². The maximum absolute atomic E-state index is 12.3. The van der Waals surface area contributed by atoms with Gasteiger partial charge >= 0.3 is 0 Å². The van der Waals surface area contributed by atoms with Gasteiger partial charge in [-0.05, 0) is 77.9 Å². The molecule has 0 bridgehead atoms. The van der Waals surface area contributed by atoms with Crippen molar-refractivity contribution in [1.82, 2.24) is 15.0 Å². The van der Waals surface area contributed by atoms with E-state index in [1.54, 1.807) is 55.8 Å². The summed E-state index contributed by atoms with van der Waals surface area (Å²) >= 11 is 0. The Morgan fingerprint density at radius 1 is 0.516 bits per heavy atom. The van der Waals surface area contributed by atoms with E-state index >= 15 is 0 Å². The lowest BCUT2D eigenvalue weighted by atomic mass is 10.3. The minimum atomic E-state index is -3.80. The summed E-state index contributed by atoms with van der Waals surface area (Å²) in [5.41, 5.74) is 13.0. The molecule has 0 saturated carbocycles. The molecule has 0 radical (unpaired) electrons. The summed E-state index contributed by atoms with van der Waals surface area (Å²) in [6.07, 6.45) is 4.58. The molecule has 3 aromatic heterocycles. The van der Waals surface area contributed by atoms with Crippen LogP contribution in [-0.2, 0) is 40.2 Å². The first-order chi connectivity index (χ1) is 29.2. The molecule has 3 heterocycles. The van der Waals surface area contributed by atoms with Gasteiger partial charge in [0.05, 0.1) is 57.4 Å². The number of sulfone groups is 2. The number of pyridine rings is 3. The molecule has 0 atom stereocenters. The quantitative estimate of drug-likeness (QED) is 0.0632. The lowest BCUT2D eigenvalue weighted by Gasteiger charge is -2.06. The van der Waals surface area contributed by atoms with Crippen LogP contribution in [0.4, 0.5) is 22.7 Å². The predicted octanol–water partition coefficient (Wildman–Crippen LogP) is 5.81. The maximum Gasteiger partial charge on any atom is 0.269 e. The number of nitrogen functional groups attached to an aromatic ring is 2. The van der Waals surface area contributed by atoms with E-state index in [0.717, 1.165) is 24.3 Å². The van der Waals surface area contributed by atoms with Crippen LogP contribution in [0.3, 0.4) is 0 Å². The number of nitro groups is 2. The number of rotatable bonds is 12. The van der Waals surface area contributed by atoms with Gasteiger partial charge in [0.2, 0.25) is 17.6 Å². The highest BCUT2D eigenvalue weighted by atomic mass is 35.7. The fraction of sp³-hybridized carbons (Fsp3) is 0.132. The lowest BCUT2D eigenvalue weighted by molar-refractivity contribution is -0.385. The molecule has 24 heteroatoms. The van der Waals surface area contributed by atoms with E-state index in [2.05, 4.69) is 15.0 Å². The first-order valence-corrected chi connectivity index (χ1v) is 22.8. The van der Waals surface area contributed by atoms with E-state index in [1.165, 1.54) is 69.1 Å². The zero-order chi connectivity index (χ0) is 46.1. The van der Waals surface area contributed by atoms with Crippen molar-refractivity contribution in [2.24, 2.45) is 0 Å². The van der Waals surface area contributed by atoms with Gasteiger partial charge in [-0.15, -0.1) is 0 Å². The Hall–Kier alpha value is -6.95. The summed E-state index contributed by atoms with van der Waals surface area (Å²) in [5, 5.41) is 20.7. The Morgan fingerprint density at radius 3 is 1.18 bits per heavy atom. The van der Waals surface area contributed by atoms with E-state index in [9.17, 15) is 45.5 Å². The molecule has 0 fully saturated rings. The van der Waals surface area contributed by atoms with Crippen LogP contribution in [0.5, 0.6) is 17.6 Å². The fourth-order valence-corrected chi connectivity index (χ4v) is 8.07. The predicted molar refractivity (Wildman–Crippen MR) is 229 cm³/mol. The monoisotopic (exact) mass is 931 g/mol. The number of hydrogen-bond donors (Lipinski definition) is 2. The summed E-state index contributed by atoms with van der Waals surface area (Å²) in [4.78, 5) is 31.4. The first kappa shape index (κ1) is 49.4. The van der Waals surface area contributed by atoms with Gasteiger partial charge in [-0.1, -0.05) is 0 Å². The van der Waals surface area contributed by atoms with Crippen molar-refractivity contribution < 1.29 is 49.3 Å². The second kappa shape index (κ2) is 22.6. The van der Waals surface area contributed by atoms with Gasteiger partial charge in [0.15, 0.2) is 19.7 Å². The molecule has 0 aliphatic carbocycles. The summed E-state index contributed by atoms with van der Waals surface area (Å²) in [6, 6.07) is 25.0. The Kier molecular flexibility index (Phi) is 18.0. The molecular formula is C38H38ClN7O13S3. The van der Waals surface area contributed by atoms with E-state index < -0.39 is 38.6 Å². The van der Waals surface area contributed by atoms with Crippen LogP contribution in [0.1, 0.15) is 11.1 Å².